The molecular weight excluding hydrogens is 347 g/mol. The molecule has 0 aliphatic heterocycles. The fourth-order valence-electron chi connectivity index (χ4n) is 1.87. The Morgan fingerprint density at radius 1 is 1.21 bits per heavy atom. The van der Waals surface area contributed by atoms with Crippen LogP contribution in [0.2, 0.25) is 10.0 Å². The highest BCUT2D eigenvalue weighted by Gasteiger charge is 2.06. The van der Waals surface area contributed by atoms with E-state index in [-0.39, 0.29) is 12.5 Å². The lowest BCUT2D eigenvalue weighted by atomic mass is 10.3. The molecular formula is C18H18Cl2N2O2. The molecule has 0 atom stereocenters. The van der Waals surface area contributed by atoms with Crippen LogP contribution in [-0.2, 0) is 4.79 Å². The van der Waals surface area contributed by atoms with Gasteiger partial charge in [-0.15, -0.1) is 0 Å². The number of anilines is 2. The summed E-state index contributed by atoms with van der Waals surface area (Å²) in [4.78, 5) is 12.0. The molecule has 0 fully saturated rings. The van der Waals surface area contributed by atoms with Gasteiger partial charge in [0.15, 0.2) is 0 Å². The minimum Gasteiger partial charge on any atom is -0.489 e. The fourth-order valence-corrected chi connectivity index (χ4v) is 2.33. The molecule has 0 radical (unpaired) electrons. The summed E-state index contributed by atoms with van der Waals surface area (Å²) in [6.45, 7) is 6.25. The fraction of sp³-hybridized carbons (Fsp3) is 0.167. The molecule has 126 valence electrons. The molecule has 0 saturated carbocycles. The summed E-state index contributed by atoms with van der Waals surface area (Å²) in [6.07, 6.45) is 0. The Morgan fingerprint density at radius 2 is 2.00 bits per heavy atom. The van der Waals surface area contributed by atoms with Gasteiger partial charge in [0, 0.05) is 16.8 Å². The van der Waals surface area contributed by atoms with E-state index in [4.69, 9.17) is 27.9 Å². The summed E-state index contributed by atoms with van der Waals surface area (Å²) in [5.41, 5.74) is 2.24. The van der Waals surface area contributed by atoms with Crippen LogP contribution in [0.25, 0.3) is 0 Å². The van der Waals surface area contributed by atoms with Gasteiger partial charge in [-0.3, -0.25) is 4.79 Å². The highest BCUT2D eigenvalue weighted by molar-refractivity contribution is 6.36. The van der Waals surface area contributed by atoms with Gasteiger partial charge in [0.1, 0.15) is 12.4 Å². The first-order valence-electron chi connectivity index (χ1n) is 7.30. The number of hydrogen-bond acceptors (Lipinski definition) is 3. The third kappa shape index (κ3) is 5.80. The third-order valence-electron chi connectivity index (χ3n) is 2.98. The number of amides is 1. The van der Waals surface area contributed by atoms with Crippen molar-refractivity contribution in [3.63, 3.8) is 0 Å². The van der Waals surface area contributed by atoms with Crippen molar-refractivity contribution in [1.29, 1.82) is 0 Å². The lowest BCUT2D eigenvalue weighted by Gasteiger charge is -2.11. The van der Waals surface area contributed by atoms with E-state index < -0.39 is 0 Å². The second-order valence-electron chi connectivity index (χ2n) is 5.30. The van der Waals surface area contributed by atoms with Crippen LogP contribution in [0.5, 0.6) is 5.75 Å². The van der Waals surface area contributed by atoms with Crippen molar-refractivity contribution in [2.75, 3.05) is 23.8 Å². The number of hydrogen-bond donors (Lipinski definition) is 2. The van der Waals surface area contributed by atoms with Crippen LogP contribution in [-0.4, -0.2) is 19.1 Å². The largest absolute Gasteiger partial charge is 0.489 e. The highest BCUT2D eigenvalue weighted by Crippen LogP contribution is 2.25. The van der Waals surface area contributed by atoms with E-state index in [1.807, 2.05) is 31.2 Å². The first-order chi connectivity index (χ1) is 11.4. The summed E-state index contributed by atoms with van der Waals surface area (Å²) >= 11 is 11.9. The average Bonchev–Trinajstić information content (AvgIpc) is 2.54. The molecule has 0 unspecified atom stereocenters. The van der Waals surface area contributed by atoms with Gasteiger partial charge in [-0.1, -0.05) is 35.8 Å². The minimum atomic E-state index is -0.215. The van der Waals surface area contributed by atoms with Gasteiger partial charge in [0.05, 0.1) is 17.3 Å². The molecule has 0 heterocycles. The van der Waals surface area contributed by atoms with Crippen LogP contribution in [0.15, 0.2) is 54.6 Å². The Kier molecular flexibility index (Phi) is 6.53. The van der Waals surface area contributed by atoms with Crippen molar-refractivity contribution in [3.8, 4) is 5.75 Å². The third-order valence-corrected chi connectivity index (χ3v) is 3.53. The molecule has 0 spiro atoms. The Balaban J connectivity index is 1.89. The smallest absolute Gasteiger partial charge is 0.243 e. The number of nitrogens with one attached hydrogen (secondary N) is 2. The van der Waals surface area contributed by atoms with E-state index in [1.54, 1.807) is 18.2 Å². The molecule has 2 rings (SSSR count). The first-order valence-corrected chi connectivity index (χ1v) is 8.05. The van der Waals surface area contributed by atoms with Crippen molar-refractivity contribution in [1.82, 2.24) is 0 Å². The molecule has 2 aromatic rings. The zero-order valence-corrected chi connectivity index (χ0v) is 14.7. The van der Waals surface area contributed by atoms with Gasteiger partial charge in [0.2, 0.25) is 5.91 Å². The SMILES string of the molecule is C=C(C)COc1cccc(NCC(=O)Nc2ccc(Cl)cc2Cl)c1. The summed E-state index contributed by atoms with van der Waals surface area (Å²) < 4.78 is 5.57. The lowest BCUT2D eigenvalue weighted by molar-refractivity contribution is -0.114. The van der Waals surface area contributed by atoms with Crippen molar-refractivity contribution < 1.29 is 9.53 Å². The quantitative estimate of drug-likeness (QED) is 0.679. The van der Waals surface area contributed by atoms with Crippen molar-refractivity contribution in [2.45, 2.75) is 6.92 Å². The molecule has 0 aliphatic carbocycles. The molecule has 24 heavy (non-hydrogen) atoms. The maximum Gasteiger partial charge on any atom is 0.243 e. The number of carbonyl (C=O) groups excluding carboxylic acids is 1. The van der Waals surface area contributed by atoms with Gasteiger partial charge in [0.25, 0.3) is 0 Å². The van der Waals surface area contributed by atoms with Crippen LogP contribution in [0.3, 0.4) is 0 Å². The number of ether oxygens (including phenoxy) is 1. The average molecular weight is 365 g/mol. The van der Waals surface area contributed by atoms with E-state index in [2.05, 4.69) is 17.2 Å². The normalized spacial score (nSPS) is 10.1. The molecule has 2 N–H and O–H groups in total. The standard InChI is InChI=1S/C18H18Cl2N2O2/c1-12(2)11-24-15-5-3-4-14(9-15)21-10-18(23)22-17-7-6-13(19)8-16(17)20/h3-9,21H,1,10-11H2,2H3,(H,22,23). The monoisotopic (exact) mass is 364 g/mol. The molecule has 6 heteroatoms. The summed E-state index contributed by atoms with van der Waals surface area (Å²) in [7, 11) is 0. The maximum atomic E-state index is 12.0. The molecule has 0 aromatic heterocycles. The first kappa shape index (κ1) is 18.2. The topological polar surface area (TPSA) is 50.4 Å². The second kappa shape index (κ2) is 8.62. The molecule has 0 bridgehead atoms. The van der Waals surface area contributed by atoms with Crippen LogP contribution < -0.4 is 15.4 Å². The molecule has 1 amide bonds. The summed E-state index contributed by atoms with van der Waals surface area (Å²) in [6, 6.07) is 12.3. The highest BCUT2D eigenvalue weighted by atomic mass is 35.5. The van der Waals surface area contributed by atoms with Crippen LogP contribution in [0.4, 0.5) is 11.4 Å². The molecule has 0 aliphatic rings. The van der Waals surface area contributed by atoms with Crippen LogP contribution in [0, 0.1) is 0 Å². The van der Waals surface area contributed by atoms with E-state index in [0.717, 1.165) is 11.3 Å². The number of halogens is 2. The Hall–Kier alpha value is -2.17. The minimum absolute atomic E-state index is 0.100. The van der Waals surface area contributed by atoms with Gasteiger partial charge in [-0.05, 0) is 42.8 Å². The zero-order chi connectivity index (χ0) is 17.5. The van der Waals surface area contributed by atoms with Crippen molar-refractivity contribution in [3.05, 3.63) is 64.7 Å². The summed E-state index contributed by atoms with van der Waals surface area (Å²) in [5.74, 6) is 0.497. The van der Waals surface area contributed by atoms with E-state index in [9.17, 15) is 4.79 Å². The van der Waals surface area contributed by atoms with Gasteiger partial charge in [-0.2, -0.15) is 0 Å². The Morgan fingerprint density at radius 3 is 2.71 bits per heavy atom. The van der Waals surface area contributed by atoms with E-state index >= 15 is 0 Å². The van der Waals surface area contributed by atoms with Crippen LogP contribution >= 0.6 is 23.2 Å². The van der Waals surface area contributed by atoms with Crippen LogP contribution in [0.1, 0.15) is 6.92 Å². The van der Waals surface area contributed by atoms with Gasteiger partial charge < -0.3 is 15.4 Å². The second-order valence-corrected chi connectivity index (χ2v) is 6.14. The number of benzene rings is 2. The van der Waals surface area contributed by atoms with E-state index in [0.29, 0.717) is 28.1 Å². The maximum absolute atomic E-state index is 12.0. The van der Waals surface area contributed by atoms with Gasteiger partial charge >= 0.3 is 0 Å². The molecule has 4 nitrogen and oxygen atoms in total. The van der Waals surface area contributed by atoms with E-state index in [1.165, 1.54) is 0 Å². The van der Waals surface area contributed by atoms with Gasteiger partial charge in [-0.25, -0.2) is 0 Å². The Labute approximate surface area is 151 Å². The van der Waals surface area contributed by atoms with Crippen molar-refractivity contribution >= 4 is 40.5 Å². The number of rotatable bonds is 7. The van der Waals surface area contributed by atoms with Crippen molar-refractivity contribution in [2.24, 2.45) is 0 Å². The predicted molar refractivity (Wildman–Crippen MR) is 100 cm³/mol. The predicted octanol–water partition coefficient (Wildman–Crippen LogP) is 5.00. The Bertz CT molecular complexity index is 748. The lowest BCUT2D eigenvalue weighted by Crippen LogP contribution is -2.21. The molecule has 2 aromatic carbocycles. The molecule has 0 saturated heterocycles. The zero-order valence-electron chi connectivity index (χ0n) is 13.2. The summed E-state index contributed by atoms with van der Waals surface area (Å²) in [5, 5.41) is 6.68. The number of carbonyl (C=O) groups is 1.